The number of nitrogens with two attached hydrogens (primary N) is 1. The molecule has 1 aromatic heterocycles. The molecule has 0 amide bonds. The highest BCUT2D eigenvalue weighted by Crippen LogP contribution is 2.27. The van der Waals surface area contributed by atoms with Gasteiger partial charge in [-0.05, 0) is 30.7 Å². The van der Waals surface area contributed by atoms with Crippen LogP contribution in [0.3, 0.4) is 0 Å². The van der Waals surface area contributed by atoms with Gasteiger partial charge in [-0.15, -0.1) is 23.7 Å². The number of thiazole rings is 1. The summed E-state index contributed by atoms with van der Waals surface area (Å²) < 4.78 is 10.5. The molecule has 21 heavy (non-hydrogen) atoms. The molecule has 0 aliphatic heterocycles. The van der Waals surface area contributed by atoms with Crippen LogP contribution in [0.4, 0.5) is 5.13 Å². The monoisotopic (exact) mass is 329 g/mol. The number of nitrogens with one attached hydrogen (secondary N) is 1. The Morgan fingerprint density at radius 2 is 2.00 bits per heavy atom. The Kier molecular flexibility index (Phi) is 7.28. The lowest BCUT2D eigenvalue weighted by atomic mass is 10.1. The van der Waals surface area contributed by atoms with Crippen molar-refractivity contribution < 1.29 is 9.47 Å². The number of hydrogen-bond donors (Lipinski definition) is 2. The average Bonchev–Trinajstić information content (AvgIpc) is 2.89. The number of hydrogen-bond acceptors (Lipinski definition) is 6. The van der Waals surface area contributed by atoms with E-state index in [1.807, 2.05) is 24.4 Å². The SMILES string of the molecule is COc1ccc(CCNCc2cnc(N)s2)cc1OC.Cl. The largest absolute Gasteiger partial charge is 0.493 e. The van der Waals surface area contributed by atoms with E-state index in [0.29, 0.717) is 5.13 Å². The minimum Gasteiger partial charge on any atom is -0.493 e. The van der Waals surface area contributed by atoms with Crippen molar-refractivity contribution in [2.24, 2.45) is 0 Å². The first-order chi connectivity index (χ1) is 9.72. The summed E-state index contributed by atoms with van der Waals surface area (Å²) in [5, 5.41) is 3.99. The molecule has 0 saturated heterocycles. The number of methoxy groups -OCH3 is 2. The molecule has 1 aromatic carbocycles. The molecule has 0 fully saturated rings. The number of halogens is 1. The quantitative estimate of drug-likeness (QED) is 0.764. The smallest absolute Gasteiger partial charge is 0.180 e. The third kappa shape index (κ3) is 5.08. The topological polar surface area (TPSA) is 69.4 Å². The number of anilines is 1. The third-order valence-corrected chi connectivity index (χ3v) is 3.74. The van der Waals surface area contributed by atoms with E-state index in [0.717, 1.165) is 35.9 Å². The molecule has 0 aliphatic carbocycles. The van der Waals surface area contributed by atoms with Crippen LogP contribution in [0.5, 0.6) is 11.5 Å². The molecule has 0 atom stereocenters. The van der Waals surface area contributed by atoms with Crippen LogP contribution >= 0.6 is 23.7 Å². The zero-order valence-electron chi connectivity index (χ0n) is 12.1. The van der Waals surface area contributed by atoms with Crippen LogP contribution in [0.2, 0.25) is 0 Å². The molecule has 0 radical (unpaired) electrons. The number of ether oxygens (including phenoxy) is 2. The van der Waals surface area contributed by atoms with Crippen molar-refractivity contribution in [2.75, 3.05) is 26.5 Å². The van der Waals surface area contributed by atoms with Crippen molar-refractivity contribution in [2.45, 2.75) is 13.0 Å². The van der Waals surface area contributed by atoms with Crippen LogP contribution < -0.4 is 20.5 Å². The Labute approximate surface area is 134 Å². The molecule has 3 N–H and O–H groups in total. The minimum atomic E-state index is 0. The molecule has 5 nitrogen and oxygen atoms in total. The zero-order valence-corrected chi connectivity index (χ0v) is 13.7. The van der Waals surface area contributed by atoms with Crippen LogP contribution in [-0.4, -0.2) is 25.7 Å². The summed E-state index contributed by atoms with van der Waals surface area (Å²) in [6.07, 6.45) is 2.73. The van der Waals surface area contributed by atoms with Gasteiger partial charge in [0.25, 0.3) is 0 Å². The zero-order chi connectivity index (χ0) is 14.4. The lowest BCUT2D eigenvalue weighted by Gasteiger charge is -2.09. The molecule has 7 heteroatoms. The van der Waals surface area contributed by atoms with E-state index in [1.54, 1.807) is 14.2 Å². The number of aromatic nitrogens is 1. The van der Waals surface area contributed by atoms with Crippen molar-refractivity contribution in [3.63, 3.8) is 0 Å². The minimum absolute atomic E-state index is 0. The van der Waals surface area contributed by atoms with Crippen LogP contribution in [0, 0.1) is 0 Å². The summed E-state index contributed by atoms with van der Waals surface area (Å²) in [5.74, 6) is 1.52. The van der Waals surface area contributed by atoms with Crippen LogP contribution in [0.25, 0.3) is 0 Å². The molecule has 116 valence electrons. The van der Waals surface area contributed by atoms with E-state index in [1.165, 1.54) is 16.9 Å². The van der Waals surface area contributed by atoms with E-state index in [-0.39, 0.29) is 12.4 Å². The maximum atomic E-state index is 5.59. The van der Waals surface area contributed by atoms with Crippen LogP contribution in [-0.2, 0) is 13.0 Å². The van der Waals surface area contributed by atoms with Crippen molar-refractivity contribution in [1.29, 1.82) is 0 Å². The highest BCUT2D eigenvalue weighted by atomic mass is 35.5. The molecule has 2 aromatic rings. The first-order valence-electron chi connectivity index (χ1n) is 6.34. The molecule has 0 aliphatic rings. The second-order valence-electron chi connectivity index (χ2n) is 4.28. The Bertz CT molecular complexity index is 563. The van der Waals surface area contributed by atoms with E-state index >= 15 is 0 Å². The first kappa shape index (κ1) is 17.6. The van der Waals surface area contributed by atoms with Crippen molar-refractivity contribution in [3.05, 3.63) is 34.8 Å². The Hall–Kier alpha value is -1.50. The fraction of sp³-hybridized carbons (Fsp3) is 0.357. The van der Waals surface area contributed by atoms with Gasteiger partial charge in [0.05, 0.1) is 14.2 Å². The molecule has 1 heterocycles. The van der Waals surface area contributed by atoms with Gasteiger partial charge in [-0.1, -0.05) is 6.07 Å². The standard InChI is InChI=1S/C14H19N3O2S.ClH/c1-18-12-4-3-10(7-13(12)19-2)5-6-16-8-11-9-17-14(15)20-11;/h3-4,7,9,16H,5-6,8H2,1-2H3,(H2,15,17);1H. The molecule has 0 unspecified atom stereocenters. The second-order valence-corrected chi connectivity index (χ2v) is 5.43. The Balaban J connectivity index is 0.00000220. The summed E-state index contributed by atoms with van der Waals surface area (Å²) in [5.41, 5.74) is 6.79. The summed E-state index contributed by atoms with van der Waals surface area (Å²) in [6, 6.07) is 5.98. The number of nitrogens with zero attached hydrogens (tertiary/aromatic N) is 1. The predicted octanol–water partition coefficient (Wildman–Crippen LogP) is 2.50. The lowest BCUT2D eigenvalue weighted by Crippen LogP contribution is -2.16. The van der Waals surface area contributed by atoms with Gasteiger partial charge < -0.3 is 20.5 Å². The summed E-state index contributed by atoms with van der Waals surface area (Å²) >= 11 is 1.51. The van der Waals surface area contributed by atoms with Gasteiger partial charge in [0.2, 0.25) is 0 Å². The average molecular weight is 330 g/mol. The molecule has 0 bridgehead atoms. The maximum absolute atomic E-state index is 5.59. The molecular formula is C14H20ClN3O2S. The number of nitrogen functional groups attached to an aromatic ring is 1. The van der Waals surface area contributed by atoms with Gasteiger partial charge in [0.1, 0.15) is 0 Å². The number of rotatable bonds is 7. The maximum Gasteiger partial charge on any atom is 0.180 e. The van der Waals surface area contributed by atoms with Crippen molar-refractivity contribution in [1.82, 2.24) is 10.3 Å². The van der Waals surface area contributed by atoms with Crippen molar-refractivity contribution in [3.8, 4) is 11.5 Å². The fourth-order valence-electron chi connectivity index (χ4n) is 1.88. The third-order valence-electron chi connectivity index (χ3n) is 2.91. The van der Waals surface area contributed by atoms with Gasteiger partial charge in [-0.3, -0.25) is 0 Å². The summed E-state index contributed by atoms with van der Waals surface area (Å²) in [7, 11) is 3.29. The summed E-state index contributed by atoms with van der Waals surface area (Å²) in [6.45, 7) is 1.68. The normalized spacial score (nSPS) is 10.0. The number of benzene rings is 1. The molecule has 0 saturated carbocycles. The van der Waals surface area contributed by atoms with Gasteiger partial charge in [-0.2, -0.15) is 0 Å². The van der Waals surface area contributed by atoms with Crippen LogP contribution in [0.1, 0.15) is 10.4 Å². The molecule has 2 rings (SSSR count). The fourth-order valence-corrected chi connectivity index (χ4v) is 2.54. The highest BCUT2D eigenvalue weighted by Gasteiger charge is 2.04. The van der Waals surface area contributed by atoms with E-state index in [2.05, 4.69) is 10.3 Å². The van der Waals surface area contributed by atoms with E-state index in [4.69, 9.17) is 15.2 Å². The predicted molar refractivity (Wildman–Crippen MR) is 88.7 cm³/mol. The van der Waals surface area contributed by atoms with Gasteiger partial charge in [0, 0.05) is 17.6 Å². The first-order valence-corrected chi connectivity index (χ1v) is 7.16. The molecule has 0 spiro atoms. The van der Waals surface area contributed by atoms with E-state index in [9.17, 15) is 0 Å². The van der Waals surface area contributed by atoms with Gasteiger partial charge in [-0.25, -0.2) is 4.98 Å². The second kappa shape index (κ2) is 8.71. The van der Waals surface area contributed by atoms with Crippen LogP contribution in [0.15, 0.2) is 24.4 Å². The summed E-state index contributed by atoms with van der Waals surface area (Å²) in [4.78, 5) is 5.17. The van der Waals surface area contributed by atoms with Crippen molar-refractivity contribution >= 4 is 28.9 Å². The van der Waals surface area contributed by atoms with Gasteiger partial charge >= 0.3 is 0 Å². The highest BCUT2D eigenvalue weighted by molar-refractivity contribution is 7.15. The Morgan fingerprint density at radius 3 is 2.62 bits per heavy atom. The molecular weight excluding hydrogens is 310 g/mol. The Morgan fingerprint density at radius 1 is 1.24 bits per heavy atom. The van der Waals surface area contributed by atoms with E-state index < -0.39 is 0 Å². The van der Waals surface area contributed by atoms with Gasteiger partial charge in [0.15, 0.2) is 16.6 Å². The lowest BCUT2D eigenvalue weighted by molar-refractivity contribution is 0.354.